The lowest BCUT2D eigenvalue weighted by Crippen LogP contribution is -2.53. The summed E-state index contributed by atoms with van der Waals surface area (Å²) in [6.45, 7) is 6.60. The van der Waals surface area contributed by atoms with Gasteiger partial charge in [-0.15, -0.1) is 0 Å². The van der Waals surface area contributed by atoms with E-state index in [0.717, 1.165) is 5.56 Å². The molecule has 4 heteroatoms. The third-order valence-corrected chi connectivity index (χ3v) is 2.82. The van der Waals surface area contributed by atoms with Crippen molar-refractivity contribution >= 4 is 11.9 Å². The van der Waals surface area contributed by atoms with E-state index in [0.29, 0.717) is 18.7 Å². The number of amides is 1. The molecule has 0 aromatic heterocycles. The summed E-state index contributed by atoms with van der Waals surface area (Å²) in [6.07, 6.45) is 0. The van der Waals surface area contributed by atoms with Gasteiger partial charge in [-0.3, -0.25) is 9.59 Å². The number of carboxylic acid groups (broad SMARTS) is 1. The van der Waals surface area contributed by atoms with Crippen molar-refractivity contribution in [2.24, 2.45) is 5.92 Å². The van der Waals surface area contributed by atoms with Gasteiger partial charge in [-0.2, -0.15) is 0 Å². The first kappa shape index (κ1) is 14.2. The monoisotopic (exact) mass is 249 g/mol. The van der Waals surface area contributed by atoms with Crippen LogP contribution in [-0.2, 0) is 4.79 Å². The van der Waals surface area contributed by atoms with E-state index in [1.54, 1.807) is 17.0 Å². The van der Waals surface area contributed by atoms with Gasteiger partial charge in [0.15, 0.2) is 0 Å². The molecule has 1 aliphatic heterocycles. The minimum absolute atomic E-state index is 0.0856. The lowest BCUT2D eigenvalue weighted by atomic mass is 9.99. The molecule has 0 spiro atoms. The van der Waals surface area contributed by atoms with Crippen LogP contribution in [0.25, 0.3) is 0 Å². The quantitative estimate of drug-likeness (QED) is 0.874. The average Bonchev–Trinajstić information content (AvgIpc) is 2.30. The van der Waals surface area contributed by atoms with Gasteiger partial charge in [-0.05, 0) is 19.1 Å². The zero-order valence-electron chi connectivity index (χ0n) is 11.0. The van der Waals surface area contributed by atoms with Crippen LogP contribution in [0.2, 0.25) is 0 Å². The van der Waals surface area contributed by atoms with Gasteiger partial charge in [0.05, 0.1) is 5.92 Å². The van der Waals surface area contributed by atoms with Crippen LogP contribution in [0, 0.1) is 12.8 Å². The van der Waals surface area contributed by atoms with Crippen LogP contribution in [0.1, 0.15) is 29.8 Å². The Morgan fingerprint density at radius 3 is 2.11 bits per heavy atom. The first-order valence-corrected chi connectivity index (χ1v) is 6.16. The van der Waals surface area contributed by atoms with Crippen molar-refractivity contribution in [3.8, 4) is 0 Å². The van der Waals surface area contributed by atoms with Crippen LogP contribution in [0.4, 0.5) is 0 Å². The summed E-state index contributed by atoms with van der Waals surface area (Å²) in [6, 6.07) is 7.29. The Kier molecular flexibility index (Phi) is 4.89. The number of aliphatic carboxylic acids is 1. The smallest absolute Gasteiger partial charge is 0.310 e. The number of benzene rings is 1. The minimum atomic E-state index is -0.826. The van der Waals surface area contributed by atoms with Gasteiger partial charge in [-0.25, -0.2) is 0 Å². The highest BCUT2D eigenvalue weighted by molar-refractivity contribution is 5.95. The Morgan fingerprint density at radius 1 is 1.17 bits per heavy atom. The largest absolute Gasteiger partial charge is 0.481 e. The maximum absolute atomic E-state index is 11.8. The Labute approximate surface area is 107 Å². The molecule has 1 heterocycles. The van der Waals surface area contributed by atoms with E-state index in [1.165, 1.54) is 0 Å². The second kappa shape index (κ2) is 6.19. The summed E-state index contributed by atoms with van der Waals surface area (Å²) >= 11 is 0. The second-order valence-corrected chi connectivity index (χ2v) is 4.11. The van der Waals surface area contributed by atoms with Crippen LogP contribution in [0.3, 0.4) is 0 Å². The number of nitrogens with zero attached hydrogens (tertiary/aromatic N) is 1. The number of likely N-dealkylation sites (tertiary alicyclic amines) is 1. The molecule has 1 saturated heterocycles. The summed E-state index contributed by atoms with van der Waals surface area (Å²) in [7, 11) is 0. The third-order valence-electron chi connectivity index (χ3n) is 2.82. The van der Waals surface area contributed by atoms with Gasteiger partial charge in [0.1, 0.15) is 0 Å². The van der Waals surface area contributed by atoms with Crippen molar-refractivity contribution in [2.45, 2.75) is 20.8 Å². The number of hydrogen-bond donors (Lipinski definition) is 1. The fourth-order valence-electron chi connectivity index (χ4n) is 1.68. The summed E-state index contributed by atoms with van der Waals surface area (Å²) in [4.78, 5) is 24.0. The van der Waals surface area contributed by atoms with E-state index in [2.05, 4.69) is 0 Å². The maximum atomic E-state index is 11.8. The highest BCUT2D eigenvalue weighted by Crippen LogP contribution is 2.18. The summed E-state index contributed by atoms with van der Waals surface area (Å²) < 4.78 is 0. The molecular formula is C14H19NO3. The first-order valence-electron chi connectivity index (χ1n) is 6.16. The molecule has 0 aliphatic carbocycles. The molecule has 1 fully saturated rings. The SMILES string of the molecule is CC.Cc1ccc(C(=O)N2CC(C(=O)O)C2)cc1. The van der Waals surface area contributed by atoms with Gasteiger partial charge in [0.2, 0.25) is 0 Å². The van der Waals surface area contributed by atoms with Crippen LogP contribution >= 0.6 is 0 Å². The van der Waals surface area contributed by atoms with E-state index < -0.39 is 11.9 Å². The van der Waals surface area contributed by atoms with Gasteiger partial charge in [-0.1, -0.05) is 31.5 Å². The zero-order valence-corrected chi connectivity index (χ0v) is 11.0. The molecule has 2 rings (SSSR count). The lowest BCUT2D eigenvalue weighted by molar-refractivity contribution is -0.146. The van der Waals surface area contributed by atoms with Crippen molar-refractivity contribution in [1.29, 1.82) is 0 Å². The molecule has 0 atom stereocenters. The van der Waals surface area contributed by atoms with Crippen molar-refractivity contribution in [3.63, 3.8) is 0 Å². The molecule has 18 heavy (non-hydrogen) atoms. The molecule has 1 aromatic carbocycles. The number of aryl methyl sites for hydroxylation is 1. The lowest BCUT2D eigenvalue weighted by Gasteiger charge is -2.36. The van der Waals surface area contributed by atoms with Crippen molar-refractivity contribution in [1.82, 2.24) is 4.90 Å². The topological polar surface area (TPSA) is 57.6 Å². The number of rotatable bonds is 2. The third kappa shape index (κ3) is 3.09. The average molecular weight is 249 g/mol. The van der Waals surface area contributed by atoms with Gasteiger partial charge < -0.3 is 10.0 Å². The molecule has 1 N–H and O–H groups in total. The predicted octanol–water partition coefficient (Wildman–Crippen LogP) is 2.18. The molecule has 1 amide bonds. The second-order valence-electron chi connectivity index (χ2n) is 4.11. The summed E-state index contributed by atoms with van der Waals surface area (Å²) in [5.74, 6) is -1.31. The standard InChI is InChI=1S/C12H13NO3.C2H6/c1-8-2-4-9(5-3-8)11(14)13-6-10(7-13)12(15)16;1-2/h2-5,10H,6-7H2,1H3,(H,15,16);1-2H3. The van der Waals surface area contributed by atoms with E-state index in [9.17, 15) is 9.59 Å². The number of hydrogen-bond acceptors (Lipinski definition) is 2. The van der Waals surface area contributed by atoms with Crippen LogP contribution in [0.5, 0.6) is 0 Å². The van der Waals surface area contributed by atoms with Gasteiger partial charge >= 0.3 is 5.97 Å². The molecular weight excluding hydrogens is 230 g/mol. The van der Waals surface area contributed by atoms with Crippen LogP contribution in [0.15, 0.2) is 24.3 Å². The maximum Gasteiger partial charge on any atom is 0.310 e. The first-order chi connectivity index (χ1) is 8.58. The molecule has 98 valence electrons. The molecule has 1 aliphatic rings. The molecule has 1 aromatic rings. The van der Waals surface area contributed by atoms with Crippen molar-refractivity contribution in [3.05, 3.63) is 35.4 Å². The predicted molar refractivity (Wildman–Crippen MR) is 69.6 cm³/mol. The van der Waals surface area contributed by atoms with Crippen molar-refractivity contribution in [2.75, 3.05) is 13.1 Å². The fraction of sp³-hybridized carbons (Fsp3) is 0.429. The number of carboxylic acids is 1. The minimum Gasteiger partial charge on any atom is -0.481 e. The van der Waals surface area contributed by atoms with Crippen LogP contribution < -0.4 is 0 Å². The normalized spacial score (nSPS) is 14.3. The molecule has 0 saturated carbocycles. The van der Waals surface area contributed by atoms with E-state index >= 15 is 0 Å². The van der Waals surface area contributed by atoms with Crippen LogP contribution in [-0.4, -0.2) is 35.0 Å². The zero-order chi connectivity index (χ0) is 13.7. The Morgan fingerprint density at radius 2 is 1.67 bits per heavy atom. The molecule has 0 bridgehead atoms. The highest BCUT2D eigenvalue weighted by atomic mass is 16.4. The molecule has 0 unspecified atom stereocenters. The summed E-state index contributed by atoms with van der Waals surface area (Å²) in [5, 5.41) is 8.70. The summed E-state index contributed by atoms with van der Waals surface area (Å²) in [5.41, 5.74) is 1.72. The fourth-order valence-corrected chi connectivity index (χ4v) is 1.68. The molecule has 0 radical (unpaired) electrons. The Balaban J connectivity index is 0.000000771. The van der Waals surface area contributed by atoms with E-state index in [4.69, 9.17) is 5.11 Å². The van der Waals surface area contributed by atoms with Crippen molar-refractivity contribution < 1.29 is 14.7 Å². The Bertz CT molecular complexity index is 419. The molecule has 4 nitrogen and oxygen atoms in total. The van der Waals surface area contributed by atoms with E-state index in [-0.39, 0.29) is 5.91 Å². The van der Waals surface area contributed by atoms with Gasteiger partial charge in [0, 0.05) is 18.7 Å². The number of carbonyl (C=O) groups is 2. The Hall–Kier alpha value is -1.84. The number of carbonyl (C=O) groups excluding carboxylic acids is 1. The van der Waals surface area contributed by atoms with E-state index in [1.807, 2.05) is 32.9 Å². The van der Waals surface area contributed by atoms with Gasteiger partial charge in [0.25, 0.3) is 5.91 Å². The highest BCUT2D eigenvalue weighted by Gasteiger charge is 2.35.